The SMILES string of the molecule is CNc1nc(C(C)C)nc(NCc2nccn2C)c1C. The van der Waals surface area contributed by atoms with E-state index in [0.29, 0.717) is 6.54 Å². The van der Waals surface area contributed by atoms with Gasteiger partial charge in [-0.15, -0.1) is 0 Å². The molecule has 0 aliphatic carbocycles. The van der Waals surface area contributed by atoms with E-state index in [0.717, 1.165) is 28.8 Å². The van der Waals surface area contributed by atoms with Gasteiger partial charge in [-0.3, -0.25) is 0 Å². The Bertz CT molecular complexity index is 587. The first-order valence-electron chi connectivity index (χ1n) is 6.79. The molecule has 0 saturated carbocycles. The lowest BCUT2D eigenvalue weighted by Gasteiger charge is -2.15. The van der Waals surface area contributed by atoms with Crippen molar-refractivity contribution in [2.75, 3.05) is 17.7 Å². The maximum Gasteiger partial charge on any atom is 0.135 e. The number of hydrogen-bond donors (Lipinski definition) is 2. The van der Waals surface area contributed by atoms with Gasteiger partial charge in [0, 0.05) is 38.0 Å². The first kappa shape index (κ1) is 14.3. The van der Waals surface area contributed by atoms with Crippen LogP contribution in [-0.2, 0) is 13.6 Å². The minimum Gasteiger partial charge on any atom is -0.373 e. The van der Waals surface area contributed by atoms with Crippen LogP contribution < -0.4 is 10.6 Å². The molecule has 0 bridgehead atoms. The number of hydrogen-bond acceptors (Lipinski definition) is 5. The summed E-state index contributed by atoms with van der Waals surface area (Å²) in [6, 6.07) is 0. The molecule has 0 amide bonds. The molecule has 0 radical (unpaired) electrons. The number of nitrogens with zero attached hydrogens (tertiary/aromatic N) is 4. The molecule has 0 saturated heterocycles. The maximum atomic E-state index is 4.61. The number of aromatic nitrogens is 4. The molecule has 2 aromatic rings. The fraction of sp³-hybridized carbons (Fsp3) is 0.500. The first-order chi connectivity index (χ1) is 9.52. The van der Waals surface area contributed by atoms with Gasteiger partial charge in [0.05, 0.1) is 6.54 Å². The highest BCUT2D eigenvalue weighted by Crippen LogP contribution is 2.23. The Morgan fingerprint density at radius 1 is 1.25 bits per heavy atom. The molecule has 20 heavy (non-hydrogen) atoms. The van der Waals surface area contributed by atoms with Gasteiger partial charge in [-0.1, -0.05) is 13.8 Å². The van der Waals surface area contributed by atoms with Crippen LogP contribution in [0.1, 0.15) is 37.0 Å². The number of anilines is 2. The predicted molar refractivity (Wildman–Crippen MR) is 80.9 cm³/mol. The van der Waals surface area contributed by atoms with E-state index >= 15 is 0 Å². The van der Waals surface area contributed by atoms with E-state index in [9.17, 15) is 0 Å². The van der Waals surface area contributed by atoms with E-state index in [1.807, 2.05) is 31.8 Å². The Labute approximate surface area is 119 Å². The lowest BCUT2D eigenvalue weighted by Crippen LogP contribution is -2.12. The number of nitrogens with one attached hydrogen (secondary N) is 2. The second kappa shape index (κ2) is 5.90. The molecular weight excluding hydrogens is 252 g/mol. The van der Waals surface area contributed by atoms with E-state index < -0.39 is 0 Å². The van der Waals surface area contributed by atoms with Crippen molar-refractivity contribution < 1.29 is 0 Å². The highest BCUT2D eigenvalue weighted by molar-refractivity contribution is 5.57. The standard InChI is InChI=1S/C14H22N6/c1-9(2)12-18-13(15-4)10(3)14(19-12)17-8-11-16-6-7-20(11)5/h6-7,9H,8H2,1-5H3,(H2,15,17,18,19). The summed E-state index contributed by atoms with van der Waals surface area (Å²) in [6.45, 7) is 6.83. The summed E-state index contributed by atoms with van der Waals surface area (Å²) in [5.41, 5.74) is 1.02. The Hall–Kier alpha value is -2.11. The Balaban J connectivity index is 2.26. The van der Waals surface area contributed by atoms with E-state index in [4.69, 9.17) is 0 Å². The molecule has 2 N–H and O–H groups in total. The summed E-state index contributed by atoms with van der Waals surface area (Å²) in [6.07, 6.45) is 3.73. The van der Waals surface area contributed by atoms with Gasteiger partial charge in [-0.2, -0.15) is 0 Å². The number of imidazole rings is 1. The van der Waals surface area contributed by atoms with Gasteiger partial charge in [0.1, 0.15) is 23.3 Å². The molecule has 0 spiro atoms. The zero-order valence-corrected chi connectivity index (χ0v) is 12.7. The van der Waals surface area contributed by atoms with E-state index in [1.54, 1.807) is 6.20 Å². The number of aryl methyl sites for hydroxylation is 1. The van der Waals surface area contributed by atoms with E-state index in [-0.39, 0.29) is 5.92 Å². The molecule has 0 unspecified atom stereocenters. The molecule has 6 heteroatoms. The zero-order chi connectivity index (χ0) is 14.7. The highest BCUT2D eigenvalue weighted by Gasteiger charge is 2.12. The summed E-state index contributed by atoms with van der Waals surface area (Å²) >= 11 is 0. The van der Waals surface area contributed by atoms with Crippen LogP contribution in [0.25, 0.3) is 0 Å². The van der Waals surface area contributed by atoms with Gasteiger partial charge in [-0.25, -0.2) is 15.0 Å². The van der Waals surface area contributed by atoms with Crippen molar-refractivity contribution in [3.63, 3.8) is 0 Å². The average Bonchev–Trinajstić information content (AvgIpc) is 2.83. The largest absolute Gasteiger partial charge is 0.373 e. The Morgan fingerprint density at radius 2 is 1.95 bits per heavy atom. The van der Waals surface area contributed by atoms with Crippen molar-refractivity contribution in [3.05, 3.63) is 29.6 Å². The lowest BCUT2D eigenvalue weighted by molar-refractivity contribution is 0.768. The monoisotopic (exact) mass is 274 g/mol. The minimum absolute atomic E-state index is 0.288. The molecule has 0 aliphatic rings. The minimum atomic E-state index is 0.288. The summed E-state index contributed by atoms with van der Waals surface area (Å²) in [4.78, 5) is 13.4. The summed E-state index contributed by atoms with van der Waals surface area (Å²) in [7, 11) is 3.86. The van der Waals surface area contributed by atoms with Crippen molar-refractivity contribution in [3.8, 4) is 0 Å². The molecule has 6 nitrogen and oxygen atoms in total. The second-order valence-electron chi connectivity index (χ2n) is 5.12. The quantitative estimate of drug-likeness (QED) is 0.875. The molecule has 2 rings (SSSR count). The highest BCUT2D eigenvalue weighted by atomic mass is 15.1. The van der Waals surface area contributed by atoms with Gasteiger partial charge in [0.25, 0.3) is 0 Å². The third-order valence-corrected chi connectivity index (χ3v) is 3.25. The van der Waals surface area contributed by atoms with Gasteiger partial charge < -0.3 is 15.2 Å². The lowest BCUT2D eigenvalue weighted by atomic mass is 10.2. The fourth-order valence-electron chi connectivity index (χ4n) is 1.94. The predicted octanol–water partition coefficient (Wildman–Crippen LogP) is 2.30. The van der Waals surface area contributed by atoms with Crippen LogP contribution >= 0.6 is 0 Å². The second-order valence-corrected chi connectivity index (χ2v) is 5.12. The van der Waals surface area contributed by atoms with E-state index in [2.05, 4.69) is 39.4 Å². The van der Waals surface area contributed by atoms with Crippen LogP contribution in [0.4, 0.5) is 11.6 Å². The summed E-state index contributed by atoms with van der Waals surface area (Å²) in [5.74, 6) is 3.82. The Morgan fingerprint density at radius 3 is 2.50 bits per heavy atom. The third-order valence-electron chi connectivity index (χ3n) is 3.25. The Kier molecular flexibility index (Phi) is 4.22. The van der Waals surface area contributed by atoms with Crippen LogP contribution in [0.2, 0.25) is 0 Å². The topological polar surface area (TPSA) is 67.7 Å². The molecule has 0 aliphatic heterocycles. The zero-order valence-electron chi connectivity index (χ0n) is 12.7. The van der Waals surface area contributed by atoms with Gasteiger partial charge in [0.2, 0.25) is 0 Å². The summed E-state index contributed by atoms with van der Waals surface area (Å²) < 4.78 is 1.99. The van der Waals surface area contributed by atoms with Gasteiger partial charge >= 0.3 is 0 Å². The molecule has 108 valence electrons. The normalized spacial score (nSPS) is 10.9. The number of rotatable bonds is 5. The smallest absolute Gasteiger partial charge is 0.135 e. The molecule has 0 atom stereocenters. The molecule has 0 aromatic carbocycles. The van der Waals surface area contributed by atoms with Crippen molar-refractivity contribution in [2.45, 2.75) is 33.2 Å². The van der Waals surface area contributed by atoms with Crippen LogP contribution in [0, 0.1) is 6.92 Å². The van der Waals surface area contributed by atoms with Crippen LogP contribution in [0.3, 0.4) is 0 Å². The van der Waals surface area contributed by atoms with Crippen molar-refractivity contribution in [2.24, 2.45) is 7.05 Å². The van der Waals surface area contributed by atoms with Crippen molar-refractivity contribution in [1.29, 1.82) is 0 Å². The first-order valence-corrected chi connectivity index (χ1v) is 6.79. The van der Waals surface area contributed by atoms with Gasteiger partial charge in [0.15, 0.2) is 0 Å². The molecule has 0 fully saturated rings. The van der Waals surface area contributed by atoms with Crippen LogP contribution in [0.5, 0.6) is 0 Å². The van der Waals surface area contributed by atoms with Crippen LogP contribution in [-0.4, -0.2) is 26.6 Å². The van der Waals surface area contributed by atoms with Gasteiger partial charge in [-0.05, 0) is 6.92 Å². The third kappa shape index (κ3) is 2.89. The maximum absolute atomic E-state index is 4.61. The van der Waals surface area contributed by atoms with Crippen molar-refractivity contribution >= 4 is 11.6 Å². The molecule has 2 heterocycles. The fourth-order valence-corrected chi connectivity index (χ4v) is 1.94. The van der Waals surface area contributed by atoms with E-state index in [1.165, 1.54) is 0 Å². The molecular formula is C14H22N6. The van der Waals surface area contributed by atoms with Crippen molar-refractivity contribution in [1.82, 2.24) is 19.5 Å². The van der Waals surface area contributed by atoms with Crippen LogP contribution in [0.15, 0.2) is 12.4 Å². The average molecular weight is 274 g/mol. The molecule has 2 aromatic heterocycles. The summed E-state index contributed by atoms with van der Waals surface area (Å²) in [5, 5.41) is 6.48.